The first-order valence-electron chi connectivity index (χ1n) is 9.88. The topological polar surface area (TPSA) is 90.5 Å². The molecule has 166 valence electrons. The van der Waals surface area contributed by atoms with Crippen LogP contribution in [0.25, 0.3) is 0 Å². The van der Waals surface area contributed by atoms with Crippen LogP contribution in [0.1, 0.15) is 24.0 Å². The van der Waals surface area contributed by atoms with Gasteiger partial charge in [-0.25, -0.2) is 12.8 Å². The molecule has 1 aliphatic heterocycles. The molecule has 31 heavy (non-hydrogen) atoms. The molecule has 0 unspecified atom stereocenters. The number of piperidine rings is 1. The number of carbonyl (C=O) groups excluding carboxylic acids is 1. The van der Waals surface area contributed by atoms with Crippen molar-refractivity contribution in [1.29, 1.82) is 0 Å². The van der Waals surface area contributed by atoms with Gasteiger partial charge in [-0.15, -0.1) is 0 Å². The molecule has 3 N–H and O–H groups in total. The molecule has 1 amide bonds. The van der Waals surface area contributed by atoms with E-state index in [0.29, 0.717) is 12.8 Å². The molecule has 0 saturated carbocycles. The Balaban J connectivity index is 1.51. The van der Waals surface area contributed by atoms with E-state index in [1.165, 1.54) is 22.5 Å². The molecular weight excluding hydrogens is 439 g/mol. The molecule has 0 aliphatic carbocycles. The first kappa shape index (κ1) is 23.1. The highest BCUT2D eigenvalue weighted by Gasteiger charge is 2.33. The number of amides is 1. The molecule has 3 rings (SSSR count). The average molecular weight is 465 g/mol. The van der Waals surface area contributed by atoms with Gasteiger partial charge in [0.25, 0.3) is 0 Å². The zero-order chi connectivity index (χ0) is 22.6. The van der Waals surface area contributed by atoms with E-state index in [-0.39, 0.29) is 34.9 Å². The Hall–Kier alpha value is -2.56. The Morgan fingerprint density at radius 2 is 1.74 bits per heavy atom. The minimum absolute atomic E-state index is 0.139. The first-order chi connectivity index (χ1) is 14.7. The van der Waals surface area contributed by atoms with Gasteiger partial charge in [0.05, 0.1) is 0 Å². The highest BCUT2D eigenvalue weighted by atomic mass is 32.2. The van der Waals surface area contributed by atoms with Crippen LogP contribution in [-0.4, -0.2) is 36.8 Å². The van der Waals surface area contributed by atoms with Crippen molar-refractivity contribution >= 4 is 38.9 Å². The number of nitrogens with one attached hydrogen (secondary N) is 3. The fourth-order valence-corrected chi connectivity index (χ4v) is 5.11. The molecule has 2 aromatic rings. The Bertz CT molecular complexity index is 1080. The van der Waals surface area contributed by atoms with Crippen molar-refractivity contribution in [2.45, 2.75) is 31.6 Å². The summed E-state index contributed by atoms with van der Waals surface area (Å²) in [5.41, 5.74) is 8.29. The second-order valence-electron chi connectivity index (χ2n) is 7.42. The van der Waals surface area contributed by atoms with E-state index >= 15 is 0 Å². The van der Waals surface area contributed by atoms with Gasteiger partial charge in [0, 0.05) is 24.7 Å². The van der Waals surface area contributed by atoms with Crippen molar-refractivity contribution in [2.75, 3.05) is 18.4 Å². The Labute approximate surface area is 187 Å². The van der Waals surface area contributed by atoms with E-state index in [9.17, 15) is 17.6 Å². The maximum Gasteiger partial charge on any atom is 0.245 e. The SMILES string of the molecule is Cc1cccc(NC(=S)NNC(=O)C2CCN(S(=O)(=O)c3ccccc3F)CC2)c1C. The van der Waals surface area contributed by atoms with Gasteiger partial charge in [-0.3, -0.25) is 15.6 Å². The van der Waals surface area contributed by atoms with E-state index in [1.54, 1.807) is 0 Å². The number of aryl methyl sites for hydroxylation is 1. The van der Waals surface area contributed by atoms with Gasteiger partial charge in [-0.05, 0) is 68.2 Å². The van der Waals surface area contributed by atoms with Crippen LogP contribution in [0.2, 0.25) is 0 Å². The lowest BCUT2D eigenvalue weighted by Gasteiger charge is -2.30. The van der Waals surface area contributed by atoms with E-state index in [2.05, 4.69) is 16.2 Å². The van der Waals surface area contributed by atoms with Crippen LogP contribution in [0.15, 0.2) is 47.4 Å². The van der Waals surface area contributed by atoms with E-state index in [0.717, 1.165) is 22.9 Å². The molecule has 0 atom stereocenters. The standard InChI is InChI=1S/C21H25FN4O3S2/c1-14-6-5-8-18(15(14)2)23-21(30)25-24-20(27)16-10-12-26(13-11-16)31(28,29)19-9-4-3-7-17(19)22/h3-9,16H,10-13H2,1-2H3,(H,24,27)(H2,23,25,30). The van der Waals surface area contributed by atoms with Crippen LogP contribution in [0, 0.1) is 25.6 Å². The summed E-state index contributed by atoms with van der Waals surface area (Å²) >= 11 is 5.23. The summed E-state index contributed by atoms with van der Waals surface area (Å²) < 4.78 is 40.5. The van der Waals surface area contributed by atoms with Gasteiger partial charge in [0.1, 0.15) is 10.7 Å². The molecule has 7 nitrogen and oxygen atoms in total. The molecule has 2 aromatic carbocycles. The summed E-state index contributed by atoms with van der Waals surface area (Å²) in [7, 11) is -3.93. The van der Waals surface area contributed by atoms with E-state index in [4.69, 9.17) is 12.2 Å². The van der Waals surface area contributed by atoms with Crippen LogP contribution >= 0.6 is 12.2 Å². The number of hydrogen-bond acceptors (Lipinski definition) is 4. The predicted octanol–water partition coefficient (Wildman–Crippen LogP) is 2.86. The quantitative estimate of drug-likeness (QED) is 0.476. The number of rotatable bonds is 4. The molecular formula is C21H25FN4O3S2. The van der Waals surface area contributed by atoms with Crippen molar-refractivity contribution < 1.29 is 17.6 Å². The summed E-state index contributed by atoms with van der Waals surface area (Å²) in [5, 5.41) is 3.29. The van der Waals surface area contributed by atoms with Crippen LogP contribution in [0.5, 0.6) is 0 Å². The van der Waals surface area contributed by atoms with Crippen molar-refractivity contribution in [3.05, 3.63) is 59.4 Å². The third-order valence-corrected chi connectivity index (χ3v) is 7.57. The van der Waals surface area contributed by atoms with Crippen molar-refractivity contribution in [2.24, 2.45) is 5.92 Å². The minimum Gasteiger partial charge on any atom is -0.331 e. The Morgan fingerprint density at radius 3 is 2.42 bits per heavy atom. The first-order valence-corrected chi connectivity index (χ1v) is 11.7. The van der Waals surface area contributed by atoms with Crippen LogP contribution in [0.4, 0.5) is 10.1 Å². The molecule has 0 aromatic heterocycles. The molecule has 1 saturated heterocycles. The van der Waals surface area contributed by atoms with Gasteiger partial charge in [-0.2, -0.15) is 4.31 Å². The Morgan fingerprint density at radius 1 is 1.06 bits per heavy atom. The number of halogens is 1. The minimum atomic E-state index is -3.93. The molecule has 10 heteroatoms. The van der Waals surface area contributed by atoms with Gasteiger partial charge < -0.3 is 5.32 Å². The van der Waals surface area contributed by atoms with Crippen LogP contribution in [-0.2, 0) is 14.8 Å². The second-order valence-corrected chi connectivity index (χ2v) is 9.74. The highest BCUT2D eigenvalue weighted by molar-refractivity contribution is 7.89. The fourth-order valence-electron chi connectivity index (χ4n) is 3.41. The largest absolute Gasteiger partial charge is 0.331 e. The summed E-state index contributed by atoms with van der Waals surface area (Å²) in [5.74, 6) is -1.42. The fraction of sp³-hybridized carbons (Fsp3) is 0.333. The van der Waals surface area contributed by atoms with E-state index < -0.39 is 15.8 Å². The number of sulfonamides is 1. The summed E-state index contributed by atoms with van der Waals surface area (Å²) in [6.45, 7) is 4.25. The third kappa shape index (κ3) is 5.38. The highest BCUT2D eigenvalue weighted by Crippen LogP contribution is 2.25. The smallest absolute Gasteiger partial charge is 0.245 e. The zero-order valence-electron chi connectivity index (χ0n) is 17.3. The number of benzene rings is 2. The number of hydrogen-bond donors (Lipinski definition) is 3. The lowest BCUT2D eigenvalue weighted by Crippen LogP contribution is -2.49. The average Bonchev–Trinajstić information content (AvgIpc) is 2.75. The number of nitrogens with zero attached hydrogens (tertiary/aromatic N) is 1. The van der Waals surface area contributed by atoms with Gasteiger partial charge in [-0.1, -0.05) is 24.3 Å². The van der Waals surface area contributed by atoms with E-state index in [1.807, 2.05) is 32.0 Å². The number of anilines is 1. The van der Waals surface area contributed by atoms with Crippen molar-refractivity contribution in [3.8, 4) is 0 Å². The maximum absolute atomic E-state index is 13.9. The van der Waals surface area contributed by atoms with Crippen molar-refractivity contribution in [1.82, 2.24) is 15.2 Å². The lowest BCUT2D eigenvalue weighted by molar-refractivity contribution is -0.126. The van der Waals surface area contributed by atoms with Crippen LogP contribution < -0.4 is 16.2 Å². The molecule has 0 radical (unpaired) electrons. The molecule has 1 fully saturated rings. The molecule has 0 bridgehead atoms. The third-order valence-electron chi connectivity index (χ3n) is 5.43. The molecule has 1 heterocycles. The summed E-state index contributed by atoms with van der Waals surface area (Å²) in [6, 6.07) is 11.1. The molecule has 1 aliphatic rings. The van der Waals surface area contributed by atoms with Gasteiger partial charge in [0.15, 0.2) is 5.11 Å². The second kappa shape index (κ2) is 9.71. The monoisotopic (exact) mass is 464 g/mol. The summed E-state index contributed by atoms with van der Waals surface area (Å²) in [4.78, 5) is 12.1. The maximum atomic E-state index is 13.9. The predicted molar refractivity (Wildman–Crippen MR) is 121 cm³/mol. The number of hydrazine groups is 1. The van der Waals surface area contributed by atoms with Gasteiger partial charge in [0.2, 0.25) is 15.9 Å². The number of carbonyl (C=O) groups is 1. The Kier molecular flexibility index (Phi) is 7.24. The normalized spacial score (nSPS) is 15.3. The number of thiocarbonyl (C=S) groups is 1. The molecule has 0 spiro atoms. The van der Waals surface area contributed by atoms with Crippen LogP contribution in [0.3, 0.4) is 0 Å². The van der Waals surface area contributed by atoms with Gasteiger partial charge >= 0.3 is 0 Å². The zero-order valence-corrected chi connectivity index (χ0v) is 18.9. The van der Waals surface area contributed by atoms with Crippen molar-refractivity contribution in [3.63, 3.8) is 0 Å². The lowest BCUT2D eigenvalue weighted by atomic mass is 9.98. The summed E-state index contributed by atoms with van der Waals surface area (Å²) in [6.07, 6.45) is 0.663.